The topological polar surface area (TPSA) is 12.5 Å². The molecule has 3 rings (SSSR count). The lowest BCUT2D eigenvalue weighted by Gasteiger charge is -2.32. The van der Waals surface area contributed by atoms with Crippen LogP contribution in [0, 0.1) is 32.4 Å². The SMILES string of the molecule is Cc1cc(C)c(C(CN2CCCCC2)OCCCc2c(F)cccc2F)c(C)c1. The molecule has 158 valence electrons. The Bertz CT molecular complexity index is 771. The molecule has 0 aromatic heterocycles. The van der Waals surface area contributed by atoms with Crippen LogP contribution in [0.25, 0.3) is 0 Å². The third-order valence-electron chi connectivity index (χ3n) is 5.88. The van der Waals surface area contributed by atoms with Gasteiger partial charge in [-0.25, -0.2) is 8.78 Å². The summed E-state index contributed by atoms with van der Waals surface area (Å²) in [6.45, 7) is 10.0. The van der Waals surface area contributed by atoms with Crippen LogP contribution in [0.15, 0.2) is 30.3 Å². The Kier molecular flexibility index (Phi) is 7.79. The maximum atomic E-state index is 13.9. The zero-order valence-corrected chi connectivity index (χ0v) is 17.9. The predicted octanol–water partition coefficient (Wildman–Crippen LogP) is 6.07. The number of nitrogens with zero attached hydrogens (tertiary/aromatic N) is 1. The maximum absolute atomic E-state index is 13.9. The molecule has 1 unspecified atom stereocenters. The van der Waals surface area contributed by atoms with Gasteiger partial charge >= 0.3 is 0 Å². The number of halogens is 2. The van der Waals surface area contributed by atoms with Crippen molar-refractivity contribution < 1.29 is 13.5 Å². The lowest BCUT2D eigenvalue weighted by Crippen LogP contribution is -2.34. The third kappa shape index (κ3) is 5.86. The maximum Gasteiger partial charge on any atom is 0.129 e. The van der Waals surface area contributed by atoms with E-state index in [9.17, 15) is 8.78 Å². The van der Waals surface area contributed by atoms with Gasteiger partial charge in [-0.3, -0.25) is 0 Å². The lowest BCUT2D eigenvalue weighted by atomic mass is 9.94. The Morgan fingerprint density at radius 3 is 2.21 bits per heavy atom. The third-order valence-corrected chi connectivity index (χ3v) is 5.88. The minimum Gasteiger partial charge on any atom is -0.372 e. The zero-order valence-electron chi connectivity index (χ0n) is 17.9. The van der Waals surface area contributed by atoms with Gasteiger partial charge in [0.25, 0.3) is 0 Å². The molecule has 1 atom stereocenters. The van der Waals surface area contributed by atoms with Crippen LogP contribution in [0.4, 0.5) is 8.78 Å². The van der Waals surface area contributed by atoms with Gasteiger partial charge < -0.3 is 9.64 Å². The van der Waals surface area contributed by atoms with Crippen molar-refractivity contribution in [1.29, 1.82) is 0 Å². The van der Waals surface area contributed by atoms with Crippen LogP contribution in [-0.4, -0.2) is 31.1 Å². The van der Waals surface area contributed by atoms with Gasteiger partial charge in [-0.1, -0.05) is 30.2 Å². The first-order valence-corrected chi connectivity index (χ1v) is 10.8. The molecule has 0 N–H and O–H groups in total. The molecular weight excluding hydrogens is 368 g/mol. The molecule has 1 aliphatic rings. The van der Waals surface area contributed by atoms with Gasteiger partial charge in [0.05, 0.1) is 6.10 Å². The van der Waals surface area contributed by atoms with Crippen molar-refractivity contribution >= 4 is 0 Å². The number of hydrogen-bond acceptors (Lipinski definition) is 2. The Balaban J connectivity index is 1.68. The van der Waals surface area contributed by atoms with Crippen LogP contribution in [0.5, 0.6) is 0 Å². The predicted molar refractivity (Wildman–Crippen MR) is 114 cm³/mol. The molecule has 2 nitrogen and oxygen atoms in total. The molecule has 29 heavy (non-hydrogen) atoms. The minimum absolute atomic E-state index is 0.0147. The summed E-state index contributed by atoms with van der Waals surface area (Å²) in [4.78, 5) is 2.49. The molecule has 0 aliphatic carbocycles. The highest BCUT2D eigenvalue weighted by molar-refractivity contribution is 5.39. The van der Waals surface area contributed by atoms with Crippen molar-refractivity contribution in [1.82, 2.24) is 4.90 Å². The quantitative estimate of drug-likeness (QED) is 0.498. The molecule has 1 aliphatic heterocycles. The summed E-state index contributed by atoms with van der Waals surface area (Å²) in [7, 11) is 0. The van der Waals surface area contributed by atoms with Gasteiger partial charge in [-0.15, -0.1) is 0 Å². The highest BCUT2D eigenvalue weighted by Gasteiger charge is 2.22. The summed E-state index contributed by atoms with van der Waals surface area (Å²) in [6, 6.07) is 8.46. The molecule has 4 heteroatoms. The van der Waals surface area contributed by atoms with Crippen LogP contribution in [-0.2, 0) is 11.2 Å². The summed E-state index contributed by atoms with van der Waals surface area (Å²) in [5.74, 6) is -0.944. The largest absolute Gasteiger partial charge is 0.372 e. The molecule has 0 radical (unpaired) electrons. The molecule has 0 spiro atoms. The summed E-state index contributed by atoms with van der Waals surface area (Å²) in [5, 5.41) is 0. The summed E-state index contributed by atoms with van der Waals surface area (Å²) < 4.78 is 34.1. The standard InChI is InChI=1S/C25H33F2NO/c1-18-15-19(2)25(20(3)16-18)24(17-28-12-5-4-6-13-28)29-14-8-9-21-22(26)10-7-11-23(21)27/h7,10-11,15-16,24H,4-6,8-9,12-14,17H2,1-3H3. The molecule has 2 aromatic carbocycles. The number of ether oxygens (including phenoxy) is 1. The molecule has 0 bridgehead atoms. The van der Waals surface area contributed by atoms with Gasteiger partial charge in [0.1, 0.15) is 11.6 Å². The first-order chi connectivity index (χ1) is 14.0. The average molecular weight is 402 g/mol. The first-order valence-electron chi connectivity index (χ1n) is 10.8. The van der Waals surface area contributed by atoms with E-state index < -0.39 is 11.6 Å². The summed E-state index contributed by atoms with van der Waals surface area (Å²) in [6.07, 6.45) is 4.72. The number of piperidine rings is 1. The second kappa shape index (κ2) is 10.3. The van der Waals surface area contributed by atoms with E-state index in [1.165, 1.54) is 59.7 Å². The van der Waals surface area contributed by atoms with Crippen LogP contribution in [0.1, 0.15) is 59.6 Å². The molecular formula is C25H33F2NO. The average Bonchev–Trinajstić information content (AvgIpc) is 2.67. The van der Waals surface area contributed by atoms with Crippen LogP contribution >= 0.6 is 0 Å². The number of aryl methyl sites for hydroxylation is 3. The van der Waals surface area contributed by atoms with E-state index in [4.69, 9.17) is 4.74 Å². The number of rotatable bonds is 8. The molecule has 1 heterocycles. The number of hydrogen-bond donors (Lipinski definition) is 0. The molecule has 1 saturated heterocycles. The van der Waals surface area contributed by atoms with Crippen molar-refractivity contribution in [2.24, 2.45) is 0 Å². The van der Waals surface area contributed by atoms with E-state index >= 15 is 0 Å². The van der Waals surface area contributed by atoms with E-state index in [1.807, 2.05) is 0 Å². The zero-order chi connectivity index (χ0) is 20.8. The van der Waals surface area contributed by atoms with E-state index in [2.05, 4.69) is 37.8 Å². The monoisotopic (exact) mass is 401 g/mol. The van der Waals surface area contributed by atoms with Crippen LogP contribution < -0.4 is 0 Å². The van der Waals surface area contributed by atoms with Crippen molar-refractivity contribution in [2.75, 3.05) is 26.2 Å². The highest BCUT2D eigenvalue weighted by Crippen LogP contribution is 2.28. The fourth-order valence-electron chi connectivity index (χ4n) is 4.55. The second-order valence-electron chi connectivity index (χ2n) is 8.34. The fraction of sp³-hybridized carbons (Fsp3) is 0.520. The van der Waals surface area contributed by atoms with E-state index in [0.29, 0.717) is 19.4 Å². The lowest BCUT2D eigenvalue weighted by molar-refractivity contribution is 0.0187. The Morgan fingerprint density at radius 1 is 0.966 bits per heavy atom. The fourth-order valence-corrected chi connectivity index (χ4v) is 4.55. The molecule has 0 amide bonds. The minimum atomic E-state index is -0.472. The van der Waals surface area contributed by atoms with Crippen molar-refractivity contribution in [3.8, 4) is 0 Å². The van der Waals surface area contributed by atoms with Crippen molar-refractivity contribution in [2.45, 2.75) is 59.0 Å². The number of likely N-dealkylation sites (tertiary alicyclic amines) is 1. The number of benzene rings is 2. The van der Waals surface area contributed by atoms with E-state index in [0.717, 1.165) is 19.6 Å². The second-order valence-corrected chi connectivity index (χ2v) is 8.34. The highest BCUT2D eigenvalue weighted by atomic mass is 19.1. The molecule has 1 fully saturated rings. The Hall–Kier alpha value is -1.78. The van der Waals surface area contributed by atoms with Gasteiger partial charge in [0, 0.05) is 18.7 Å². The Morgan fingerprint density at radius 2 is 1.59 bits per heavy atom. The van der Waals surface area contributed by atoms with Gasteiger partial charge in [-0.2, -0.15) is 0 Å². The van der Waals surface area contributed by atoms with Crippen LogP contribution in [0.3, 0.4) is 0 Å². The van der Waals surface area contributed by atoms with E-state index in [-0.39, 0.29) is 11.7 Å². The first kappa shape index (κ1) is 21.9. The molecule has 2 aromatic rings. The smallest absolute Gasteiger partial charge is 0.129 e. The normalized spacial score (nSPS) is 16.2. The van der Waals surface area contributed by atoms with Gasteiger partial charge in [0.15, 0.2) is 0 Å². The van der Waals surface area contributed by atoms with Crippen molar-refractivity contribution in [3.63, 3.8) is 0 Å². The van der Waals surface area contributed by atoms with Gasteiger partial charge in [-0.05, 0) is 88.4 Å². The van der Waals surface area contributed by atoms with Crippen molar-refractivity contribution in [3.05, 3.63) is 69.8 Å². The van der Waals surface area contributed by atoms with E-state index in [1.54, 1.807) is 0 Å². The molecule has 0 saturated carbocycles. The summed E-state index contributed by atoms with van der Waals surface area (Å²) in [5.41, 5.74) is 5.19. The van der Waals surface area contributed by atoms with Gasteiger partial charge in [0.2, 0.25) is 0 Å². The van der Waals surface area contributed by atoms with Crippen LogP contribution in [0.2, 0.25) is 0 Å². The summed E-state index contributed by atoms with van der Waals surface area (Å²) >= 11 is 0. The Labute approximate surface area is 173 Å².